The van der Waals surface area contributed by atoms with Gasteiger partial charge in [0.2, 0.25) is 5.28 Å². The van der Waals surface area contributed by atoms with Gasteiger partial charge in [0, 0.05) is 24.7 Å². The van der Waals surface area contributed by atoms with Gasteiger partial charge < -0.3 is 15.4 Å². The summed E-state index contributed by atoms with van der Waals surface area (Å²) in [5, 5.41) is 6.28. The van der Waals surface area contributed by atoms with Crippen LogP contribution in [-0.4, -0.2) is 34.2 Å². The van der Waals surface area contributed by atoms with Gasteiger partial charge in [0.05, 0.1) is 5.56 Å². The number of anilines is 1. The van der Waals surface area contributed by atoms with E-state index in [1.54, 1.807) is 6.20 Å². The third kappa shape index (κ3) is 6.43. The molecule has 0 aliphatic heterocycles. The fourth-order valence-corrected chi connectivity index (χ4v) is 2.47. The molecule has 0 aromatic carbocycles. The zero-order valence-electron chi connectivity index (χ0n) is 15.1. The molecule has 25 heavy (non-hydrogen) atoms. The molecule has 2 rings (SSSR count). The van der Waals surface area contributed by atoms with Gasteiger partial charge in [-0.2, -0.15) is 4.98 Å². The molecule has 0 atom stereocenters. The van der Waals surface area contributed by atoms with Crippen LogP contribution in [0.2, 0.25) is 5.28 Å². The maximum atomic E-state index is 11.7. The molecule has 1 fully saturated rings. The van der Waals surface area contributed by atoms with Gasteiger partial charge in [-0.05, 0) is 51.6 Å². The van der Waals surface area contributed by atoms with Crippen LogP contribution in [0.1, 0.15) is 52.5 Å². The van der Waals surface area contributed by atoms with Gasteiger partial charge in [0.25, 0.3) is 0 Å². The number of amides is 1. The minimum Gasteiger partial charge on any atom is -0.444 e. The first-order valence-corrected chi connectivity index (χ1v) is 8.92. The number of rotatable bonds is 4. The molecule has 0 spiro atoms. The third-order valence-electron chi connectivity index (χ3n) is 3.57. The first-order valence-electron chi connectivity index (χ1n) is 8.54. The highest BCUT2D eigenvalue weighted by Crippen LogP contribution is 2.27. The zero-order valence-corrected chi connectivity index (χ0v) is 15.9. The smallest absolute Gasteiger partial charge is 0.407 e. The number of carbonyl (C=O) groups is 1. The van der Waals surface area contributed by atoms with Crippen LogP contribution in [0.4, 0.5) is 10.6 Å². The largest absolute Gasteiger partial charge is 0.444 e. The van der Waals surface area contributed by atoms with Crippen molar-refractivity contribution in [1.29, 1.82) is 0 Å². The average molecular weight is 365 g/mol. The summed E-state index contributed by atoms with van der Waals surface area (Å²) in [5.41, 5.74) is 0.255. The second kappa shape index (κ2) is 8.39. The molecule has 0 unspecified atom stereocenters. The number of alkyl carbamates (subject to hydrolysis) is 1. The fourth-order valence-electron chi connectivity index (χ4n) is 2.34. The number of carbonyl (C=O) groups excluding carboxylic acids is 1. The summed E-state index contributed by atoms with van der Waals surface area (Å²) >= 11 is 5.85. The molecular formula is C18H25ClN4O2. The highest BCUT2D eigenvalue weighted by molar-refractivity contribution is 6.28. The first kappa shape index (κ1) is 19.3. The Morgan fingerprint density at radius 2 is 2.16 bits per heavy atom. The van der Waals surface area contributed by atoms with Crippen molar-refractivity contribution < 1.29 is 9.53 Å². The van der Waals surface area contributed by atoms with Crippen molar-refractivity contribution >= 4 is 23.5 Å². The van der Waals surface area contributed by atoms with E-state index in [1.165, 1.54) is 0 Å². The third-order valence-corrected chi connectivity index (χ3v) is 3.75. The Kier molecular flexibility index (Phi) is 6.49. The van der Waals surface area contributed by atoms with Crippen molar-refractivity contribution in [1.82, 2.24) is 15.3 Å². The molecular weight excluding hydrogens is 340 g/mol. The van der Waals surface area contributed by atoms with E-state index in [2.05, 4.69) is 39.4 Å². The molecule has 0 bridgehead atoms. The molecule has 136 valence electrons. The number of hydrogen-bond acceptors (Lipinski definition) is 5. The van der Waals surface area contributed by atoms with Gasteiger partial charge in [-0.25, -0.2) is 9.78 Å². The van der Waals surface area contributed by atoms with E-state index in [1.807, 2.05) is 20.8 Å². The molecule has 2 N–H and O–H groups in total. The summed E-state index contributed by atoms with van der Waals surface area (Å²) in [7, 11) is 0. The van der Waals surface area contributed by atoms with Crippen molar-refractivity contribution in [3.63, 3.8) is 0 Å². The van der Waals surface area contributed by atoms with Crippen LogP contribution in [0, 0.1) is 17.8 Å². The minimum atomic E-state index is -0.483. The average Bonchev–Trinajstić information content (AvgIpc) is 2.46. The maximum Gasteiger partial charge on any atom is 0.407 e. The molecule has 0 saturated heterocycles. The number of hydrogen-bond donors (Lipinski definition) is 2. The molecule has 1 aromatic heterocycles. The molecule has 1 aliphatic carbocycles. The fraction of sp³-hybridized carbons (Fsp3) is 0.611. The first-order chi connectivity index (χ1) is 11.8. The van der Waals surface area contributed by atoms with Gasteiger partial charge >= 0.3 is 6.09 Å². The predicted octanol–water partition coefficient (Wildman–Crippen LogP) is 3.61. The number of ether oxygens (including phenoxy) is 1. The zero-order chi connectivity index (χ0) is 18.4. The van der Waals surface area contributed by atoms with Gasteiger partial charge in [0.1, 0.15) is 11.4 Å². The van der Waals surface area contributed by atoms with E-state index in [9.17, 15) is 4.79 Å². The monoisotopic (exact) mass is 364 g/mol. The van der Waals surface area contributed by atoms with E-state index < -0.39 is 5.60 Å². The Hall–Kier alpha value is -2.00. The second-order valence-corrected chi connectivity index (χ2v) is 7.45. The highest BCUT2D eigenvalue weighted by atomic mass is 35.5. The van der Waals surface area contributed by atoms with Crippen LogP contribution in [0.25, 0.3) is 0 Å². The Bertz CT molecular complexity index is 670. The summed E-state index contributed by atoms with van der Waals surface area (Å²) in [5.74, 6) is 7.25. The molecule has 0 radical (unpaired) electrons. The lowest BCUT2D eigenvalue weighted by molar-refractivity contribution is 0.0467. The minimum absolute atomic E-state index is 0.119. The van der Waals surface area contributed by atoms with Crippen LogP contribution in [-0.2, 0) is 4.74 Å². The highest BCUT2D eigenvalue weighted by Gasteiger charge is 2.30. The summed E-state index contributed by atoms with van der Waals surface area (Å²) < 4.78 is 5.25. The number of nitrogens with zero attached hydrogens (tertiary/aromatic N) is 2. The normalized spacial score (nSPS) is 19.2. The lowest BCUT2D eigenvalue weighted by atomic mass is 9.81. The standard InChI is InChI=1S/C18H25ClN4O2/c1-5-8-20-15-13(11-21-16(19)23-15)7-6-12-9-14(10-12)22-17(24)25-18(2,3)4/h11-12,14H,5,8-10H2,1-4H3,(H,22,24)(H,20,21,23)/t12-,14+. The lowest BCUT2D eigenvalue weighted by Gasteiger charge is -2.33. The van der Waals surface area contributed by atoms with Crippen LogP contribution >= 0.6 is 11.6 Å². The molecule has 6 nitrogen and oxygen atoms in total. The predicted molar refractivity (Wildman–Crippen MR) is 98.6 cm³/mol. The van der Waals surface area contributed by atoms with Crippen molar-refractivity contribution in [2.24, 2.45) is 5.92 Å². The quantitative estimate of drug-likeness (QED) is 0.630. The van der Waals surface area contributed by atoms with Crippen LogP contribution in [0.15, 0.2) is 6.20 Å². The SMILES string of the molecule is CCCNc1nc(Cl)ncc1C#C[C@H]1C[C@@H](NC(=O)OC(C)(C)C)C1. The molecule has 1 heterocycles. The second-order valence-electron chi connectivity index (χ2n) is 7.11. The van der Waals surface area contributed by atoms with E-state index in [0.717, 1.165) is 31.4 Å². The summed E-state index contributed by atoms with van der Waals surface area (Å²) in [6.45, 7) is 8.42. The van der Waals surface area contributed by atoms with Gasteiger partial charge in [-0.1, -0.05) is 18.8 Å². The van der Waals surface area contributed by atoms with Gasteiger partial charge in [-0.3, -0.25) is 0 Å². The Morgan fingerprint density at radius 3 is 2.80 bits per heavy atom. The van der Waals surface area contributed by atoms with E-state index >= 15 is 0 Å². The molecule has 1 aromatic rings. The Balaban J connectivity index is 1.87. The maximum absolute atomic E-state index is 11.7. The van der Waals surface area contributed by atoms with Crippen LogP contribution in [0.5, 0.6) is 0 Å². The number of halogens is 1. The summed E-state index contributed by atoms with van der Waals surface area (Å²) in [4.78, 5) is 19.9. The van der Waals surface area contributed by atoms with Crippen LogP contribution in [0.3, 0.4) is 0 Å². The van der Waals surface area contributed by atoms with Crippen molar-refractivity contribution in [2.75, 3.05) is 11.9 Å². The van der Waals surface area contributed by atoms with Crippen molar-refractivity contribution in [2.45, 2.75) is 58.6 Å². The van der Waals surface area contributed by atoms with E-state index in [0.29, 0.717) is 5.82 Å². The molecule has 1 amide bonds. The molecule has 1 saturated carbocycles. The Labute approximate surface area is 154 Å². The summed E-state index contributed by atoms with van der Waals surface area (Å²) in [6, 6.07) is 0.119. The van der Waals surface area contributed by atoms with E-state index in [-0.39, 0.29) is 23.3 Å². The van der Waals surface area contributed by atoms with Crippen molar-refractivity contribution in [3.05, 3.63) is 17.0 Å². The van der Waals surface area contributed by atoms with Crippen molar-refractivity contribution in [3.8, 4) is 11.8 Å². The number of nitrogens with one attached hydrogen (secondary N) is 2. The summed E-state index contributed by atoms with van der Waals surface area (Å²) in [6.07, 6.45) is 3.88. The van der Waals surface area contributed by atoms with E-state index in [4.69, 9.17) is 16.3 Å². The Morgan fingerprint density at radius 1 is 1.44 bits per heavy atom. The van der Waals surface area contributed by atoms with Gasteiger partial charge in [-0.15, -0.1) is 0 Å². The molecule has 7 heteroatoms. The van der Waals surface area contributed by atoms with Gasteiger partial charge in [0.15, 0.2) is 0 Å². The molecule has 1 aliphatic rings. The van der Waals surface area contributed by atoms with Crippen LogP contribution < -0.4 is 10.6 Å². The topological polar surface area (TPSA) is 76.1 Å². The lowest BCUT2D eigenvalue weighted by Crippen LogP contribution is -2.45. The number of aromatic nitrogens is 2.